The first kappa shape index (κ1) is 25.2. The van der Waals surface area contributed by atoms with E-state index in [2.05, 4.69) is 20.2 Å². The molecular formula is C24H30F4N6O. The maximum atomic E-state index is 13.1. The van der Waals surface area contributed by atoms with Gasteiger partial charge in [0.2, 0.25) is 5.95 Å². The van der Waals surface area contributed by atoms with Gasteiger partial charge >= 0.3 is 12.2 Å². The van der Waals surface area contributed by atoms with Gasteiger partial charge in [-0.25, -0.2) is 19.2 Å². The molecule has 1 aromatic carbocycles. The number of carbonyl (C=O) groups excluding carboxylic acids is 1. The summed E-state index contributed by atoms with van der Waals surface area (Å²) in [6.45, 7) is 7.12. The fraction of sp³-hybridized carbons (Fsp3) is 0.542. The molecular weight excluding hydrogens is 464 g/mol. The summed E-state index contributed by atoms with van der Waals surface area (Å²) in [7, 11) is 0. The third-order valence-electron chi connectivity index (χ3n) is 6.64. The number of benzene rings is 1. The second-order valence-electron chi connectivity index (χ2n) is 9.41. The lowest BCUT2D eigenvalue weighted by atomic mass is 10.0. The topological polar surface area (TPSA) is 64.6 Å². The first-order valence-corrected chi connectivity index (χ1v) is 11.8. The average molecular weight is 495 g/mol. The molecule has 7 nitrogen and oxygen atoms in total. The fourth-order valence-corrected chi connectivity index (χ4v) is 4.85. The van der Waals surface area contributed by atoms with E-state index in [0.717, 1.165) is 50.4 Å². The van der Waals surface area contributed by atoms with E-state index in [1.54, 1.807) is 17.0 Å². The minimum atomic E-state index is -4.48. The molecule has 0 radical (unpaired) electrons. The van der Waals surface area contributed by atoms with E-state index in [1.807, 2.05) is 18.7 Å². The van der Waals surface area contributed by atoms with E-state index in [0.29, 0.717) is 13.1 Å². The number of hydrogen-bond acceptors (Lipinski definition) is 5. The highest BCUT2D eigenvalue weighted by Gasteiger charge is 2.36. The number of anilines is 1. The summed E-state index contributed by atoms with van der Waals surface area (Å²) < 4.78 is 51.5. The number of rotatable bonds is 4. The molecule has 0 unspecified atom stereocenters. The molecule has 4 rings (SSSR count). The van der Waals surface area contributed by atoms with Crippen LogP contribution in [0.5, 0.6) is 0 Å². The largest absolute Gasteiger partial charge is 0.419 e. The summed E-state index contributed by atoms with van der Waals surface area (Å²) in [4.78, 5) is 26.8. The number of aromatic nitrogens is 2. The number of nitrogens with zero attached hydrogens (tertiary/aromatic N) is 5. The van der Waals surface area contributed by atoms with Gasteiger partial charge in [0.1, 0.15) is 5.82 Å². The predicted octanol–water partition coefficient (Wildman–Crippen LogP) is 3.91. The van der Waals surface area contributed by atoms with E-state index in [4.69, 9.17) is 0 Å². The highest BCUT2D eigenvalue weighted by Crippen LogP contribution is 2.29. The summed E-state index contributed by atoms with van der Waals surface area (Å²) in [5, 5.41) is 3.16. The second-order valence-corrected chi connectivity index (χ2v) is 9.41. The lowest BCUT2D eigenvalue weighted by Crippen LogP contribution is -2.62. The van der Waals surface area contributed by atoms with Crippen LogP contribution in [0.25, 0.3) is 0 Å². The van der Waals surface area contributed by atoms with Gasteiger partial charge in [-0.2, -0.15) is 13.2 Å². The van der Waals surface area contributed by atoms with Gasteiger partial charge in [-0.05, 0) is 44.4 Å². The summed E-state index contributed by atoms with van der Waals surface area (Å²) in [5.41, 5.74) is 0.176. The minimum absolute atomic E-state index is 0.0719. The van der Waals surface area contributed by atoms with E-state index >= 15 is 0 Å². The van der Waals surface area contributed by atoms with E-state index < -0.39 is 11.7 Å². The van der Waals surface area contributed by atoms with Gasteiger partial charge in [-0.15, -0.1) is 0 Å². The number of amides is 2. The van der Waals surface area contributed by atoms with Gasteiger partial charge in [-0.3, -0.25) is 4.90 Å². The van der Waals surface area contributed by atoms with Crippen LogP contribution < -0.4 is 10.2 Å². The SMILES string of the molecule is C[C@@H]1CN(c2ncc(C(F)(F)F)cn2)C[C@@H](C)N1C(=O)NC1CCN(Cc2ccc(F)cc2)CC1. The number of likely N-dealkylation sites (tertiary alicyclic amines) is 1. The normalized spacial score (nSPS) is 22.3. The van der Waals surface area contributed by atoms with Crippen molar-refractivity contribution in [1.82, 2.24) is 25.1 Å². The highest BCUT2D eigenvalue weighted by molar-refractivity contribution is 5.75. The van der Waals surface area contributed by atoms with Gasteiger partial charge < -0.3 is 15.1 Å². The number of alkyl halides is 3. The fourth-order valence-electron chi connectivity index (χ4n) is 4.85. The molecule has 0 spiro atoms. The van der Waals surface area contributed by atoms with Crippen LogP contribution >= 0.6 is 0 Å². The van der Waals surface area contributed by atoms with Crippen molar-refractivity contribution >= 4 is 12.0 Å². The van der Waals surface area contributed by atoms with Crippen molar-refractivity contribution in [3.63, 3.8) is 0 Å². The van der Waals surface area contributed by atoms with Crippen molar-refractivity contribution in [2.75, 3.05) is 31.1 Å². The van der Waals surface area contributed by atoms with Crippen molar-refractivity contribution in [1.29, 1.82) is 0 Å². The van der Waals surface area contributed by atoms with Gasteiger partial charge in [0, 0.05) is 63.2 Å². The number of halogens is 4. The summed E-state index contributed by atoms with van der Waals surface area (Å²) >= 11 is 0. The zero-order valence-corrected chi connectivity index (χ0v) is 19.8. The molecule has 1 N–H and O–H groups in total. The monoisotopic (exact) mass is 494 g/mol. The Kier molecular flexibility index (Phi) is 7.44. The number of hydrogen-bond donors (Lipinski definition) is 1. The molecule has 2 fully saturated rings. The Bertz CT molecular complexity index is 981. The smallest absolute Gasteiger partial charge is 0.337 e. The van der Waals surface area contributed by atoms with Crippen molar-refractivity contribution in [3.05, 3.63) is 53.6 Å². The van der Waals surface area contributed by atoms with Crippen LogP contribution in [0.3, 0.4) is 0 Å². The molecule has 11 heteroatoms. The first-order chi connectivity index (χ1) is 16.6. The lowest BCUT2D eigenvalue weighted by Gasteiger charge is -2.45. The van der Waals surface area contributed by atoms with Gasteiger partial charge in [-0.1, -0.05) is 12.1 Å². The van der Waals surface area contributed by atoms with Crippen LogP contribution in [0.15, 0.2) is 36.7 Å². The van der Waals surface area contributed by atoms with Gasteiger partial charge in [0.15, 0.2) is 0 Å². The van der Waals surface area contributed by atoms with E-state index in [1.165, 1.54) is 12.1 Å². The molecule has 2 atom stereocenters. The van der Waals surface area contributed by atoms with Crippen molar-refractivity contribution in [3.8, 4) is 0 Å². The molecule has 190 valence electrons. The number of piperazine rings is 1. The van der Waals surface area contributed by atoms with Crippen molar-refractivity contribution in [2.45, 2.75) is 57.5 Å². The van der Waals surface area contributed by atoms with Crippen LogP contribution in [0.2, 0.25) is 0 Å². The number of nitrogens with one attached hydrogen (secondary N) is 1. The molecule has 35 heavy (non-hydrogen) atoms. The average Bonchev–Trinajstić information content (AvgIpc) is 2.81. The van der Waals surface area contributed by atoms with Crippen LogP contribution in [-0.2, 0) is 12.7 Å². The van der Waals surface area contributed by atoms with Gasteiger partial charge in [0.25, 0.3) is 0 Å². The molecule has 3 heterocycles. The molecule has 2 aliphatic rings. The third-order valence-corrected chi connectivity index (χ3v) is 6.64. The summed E-state index contributed by atoms with van der Waals surface area (Å²) in [6.07, 6.45) is -1.24. The Hall–Kier alpha value is -2.95. The van der Waals surface area contributed by atoms with Crippen LogP contribution in [0.1, 0.15) is 37.8 Å². The number of carbonyl (C=O) groups is 1. The number of urea groups is 1. The Balaban J connectivity index is 1.27. The highest BCUT2D eigenvalue weighted by atomic mass is 19.4. The van der Waals surface area contributed by atoms with E-state index in [-0.39, 0.29) is 35.9 Å². The Labute approximate surface area is 202 Å². The molecule has 2 aliphatic heterocycles. The minimum Gasteiger partial charge on any atom is -0.337 e. The second kappa shape index (κ2) is 10.3. The molecule has 2 aromatic rings. The Morgan fingerprint density at radius 1 is 1.03 bits per heavy atom. The predicted molar refractivity (Wildman–Crippen MR) is 123 cm³/mol. The van der Waals surface area contributed by atoms with E-state index in [9.17, 15) is 22.4 Å². The molecule has 2 amide bonds. The molecule has 2 saturated heterocycles. The van der Waals surface area contributed by atoms with Crippen molar-refractivity contribution < 1.29 is 22.4 Å². The number of piperidine rings is 1. The van der Waals surface area contributed by atoms with Crippen LogP contribution in [0.4, 0.5) is 28.3 Å². The van der Waals surface area contributed by atoms with Crippen molar-refractivity contribution in [2.24, 2.45) is 0 Å². The molecule has 0 aliphatic carbocycles. The quantitative estimate of drug-likeness (QED) is 0.653. The standard InChI is InChI=1S/C24H30F4N6O/c1-16-13-33(22-29-11-19(12-30-22)24(26,27)28)14-17(2)34(16)23(35)31-21-7-9-32(10-8-21)15-18-3-5-20(25)6-4-18/h3-6,11-12,16-17,21H,7-10,13-15H2,1-2H3,(H,31,35)/t16-,17-/m1/s1. The van der Waals surface area contributed by atoms with Crippen LogP contribution in [0, 0.1) is 5.82 Å². The summed E-state index contributed by atoms with van der Waals surface area (Å²) in [5.74, 6) is -0.0170. The third kappa shape index (κ3) is 6.19. The van der Waals surface area contributed by atoms with Crippen LogP contribution in [-0.4, -0.2) is 70.1 Å². The maximum Gasteiger partial charge on any atom is 0.419 e. The molecule has 0 saturated carbocycles. The molecule has 0 bridgehead atoms. The lowest BCUT2D eigenvalue weighted by molar-refractivity contribution is -0.138. The molecule has 1 aromatic heterocycles. The Morgan fingerprint density at radius 2 is 1.60 bits per heavy atom. The van der Waals surface area contributed by atoms with Gasteiger partial charge in [0.05, 0.1) is 5.56 Å². The zero-order valence-electron chi connectivity index (χ0n) is 19.8. The zero-order chi connectivity index (χ0) is 25.2. The maximum absolute atomic E-state index is 13.1. The Morgan fingerprint density at radius 3 is 2.14 bits per heavy atom. The first-order valence-electron chi connectivity index (χ1n) is 11.8. The summed E-state index contributed by atoms with van der Waals surface area (Å²) in [6, 6.07) is 6.13.